The number of nitrogens with one attached hydrogen (secondary N) is 2. The Morgan fingerprint density at radius 1 is 1.25 bits per heavy atom. The average molecular weight is 453 g/mol. The van der Waals surface area contributed by atoms with Crippen LogP contribution in [-0.4, -0.2) is 68.1 Å². The van der Waals surface area contributed by atoms with Crippen molar-refractivity contribution in [3.8, 4) is 0 Å². The first-order valence-corrected chi connectivity index (χ1v) is 10.6. The van der Waals surface area contributed by atoms with Gasteiger partial charge in [-0.05, 0) is 18.8 Å². The van der Waals surface area contributed by atoms with E-state index < -0.39 is 29.7 Å². The zero-order valence-electron chi connectivity index (χ0n) is 18.7. The summed E-state index contributed by atoms with van der Waals surface area (Å²) in [6.07, 6.45) is 1.02. The average Bonchev–Trinajstić information content (AvgIpc) is 3.22. The van der Waals surface area contributed by atoms with Crippen molar-refractivity contribution in [3.63, 3.8) is 0 Å². The second kappa shape index (κ2) is 12.9. The molecule has 0 spiro atoms. The number of rotatable bonds is 11. The van der Waals surface area contributed by atoms with Crippen molar-refractivity contribution in [2.75, 3.05) is 33.5 Å². The van der Waals surface area contributed by atoms with Gasteiger partial charge in [-0.25, -0.2) is 9.78 Å². The molecule has 1 aromatic heterocycles. The number of oxazole rings is 1. The maximum absolute atomic E-state index is 12.9. The molecule has 0 radical (unpaired) electrons. The minimum absolute atomic E-state index is 0.0237. The van der Waals surface area contributed by atoms with Crippen molar-refractivity contribution >= 4 is 23.6 Å². The molecule has 2 heterocycles. The molecule has 2 amide bonds. The molecule has 2 rings (SSSR count). The maximum atomic E-state index is 12.9. The number of carbonyl (C=O) groups excluding carboxylic acids is 4. The lowest BCUT2D eigenvalue weighted by atomic mass is 9.87. The van der Waals surface area contributed by atoms with Crippen LogP contribution < -0.4 is 10.6 Å². The molecule has 1 aliphatic rings. The molecular formula is C21H31N3O8. The fourth-order valence-electron chi connectivity index (χ4n) is 3.31. The van der Waals surface area contributed by atoms with Crippen LogP contribution in [0.4, 0.5) is 4.79 Å². The Morgan fingerprint density at radius 2 is 2.00 bits per heavy atom. The first-order valence-electron chi connectivity index (χ1n) is 10.6. The van der Waals surface area contributed by atoms with Gasteiger partial charge in [-0.3, -0.25) is 14.4 Å². The Balaban J connectivity index is 1.93. The number of fused-ring (bicyclic) bond motifs is 1. The molecule has 178 valence electrons. The van der Waals surface area contributed by atoms with Gasteiger partial charge in [-0.15, -0.1) is 0 Å². The summed E-state index contributed by atoms with van der Waals surface area (Å²) in [6, 6.07) is -0.858. The standard InChI is InChI=1S/C21H31N3O8/c1-13(2)18(24-21(28)31-9-8-30-7-6-29-3)16(25)10-14-4-5-15-17(32-12-23-15)11-22-20(27)19(14)26/h12-14,18H,4-11H2,1-3H3,(H,22,27)(H,24,28). The molecule has 11 nitrogen and oxygen atoms in total. The molecule has 32 heavy (non-hydrogen) atoms. The lowest BCUT2D eigenvalue weighted by Gasteiger charge is -2.23. The van der Waals surface area contributed by atoms with E-state index in [1.807, 2.05) is 0 Å². The van der Waals surface area contributed by atoms with Gasteiger partial charge in [0, 0.05) is 19.4 Å². The molecule has 1 aliphatic heterocycles. The van der Waals surface area contributed by atoms with Crippen LogP contribution in [0, 0.1) is 11.8 Å². The van der Waals surface area contributed by atoms with Crippen LogP contribution in [0.15, 0.2) is 10.8 Å². The number of ketones is 2. The number of hydrogen-bond donors (Lipinski definition) is 2. The van der Waals surface area contributed by atoms with Crippen LogP contribution in [0.2, 0.25) is 0 Å². The number of aryl methyl sites for hydroxylation is 1. The van der Waals surface area contributed by atoms with Crippen LogP contribution >= 0.6 is 0 Å². The number of Topliss-reactive ketones (excluding diaryl/α,β-unsaturated/α-hetero) is 2. The Morgan fingerprint density at radius 3 is 2.72 bits per heavy atom. The van der Waals surface area contributed by atoms with Gasteiger partial charge in [0.2, 0.25) is 5.78 Å². The van der Waals surface area contributed by atoms with Crippen molar-refractivity contribution in [2.24, 2.45) is 11.8 Å². The zero-order valence-corrected chi connectivity index (χ0v) is 18.7. The normalized spacial score (nSPS) is 17.6. The predicted octanol–water partition coefficient (Wildman–Crippen LogP) is 0.795. The minimum atomic E-state index is -0.858. The lowest BCUT2D eigenvalue weighted by molar-refractivity contribution is -0.141. The number of aromatic nitrogens is 1. The van der Waals surface area contributed by atoms with Gasteiger partial charge < -0.3 is 29.3 Å². The molecule has 0 bridgehead atoms. The zero-order chi connectivity index (χ0) is 23.5. The van der Waals surface area contributed by atoms with Crippen molar-refractivity contribution in [1.82, 2.24) is 15.6 Å². The first-order chi connectivity index (χ1) is 15.3. The van der Waals surface area contributed by atoms with E-state index in [1.165, 1.54) is 6.39 Å². The summed E-state index contributed by atoms with van der Waals surface area (Å²) in [6.45, 7) is 4.66. The van der Waals surface area contributed by atoms with Gasteiger partial charge in [0.15, 0.2) is 12.2 Å². The molecular weight excluding hydrogens is 422 g/mol. The van der Waals surface area contributed by atoms with Crippen molar-refractivity contribution in [2.45, 2.75) is 45.7 Å². The second-order valence-corrected chi connectivity index (χ2v) is 7.78. The van der Waals surface area contributed by atoms with Crippen LogP contribution in [0.3, 0.4) is 0 Å². The minimum Gasteiger partial charge on any atom is -0.447 e. The molecule has 1 aromatic rings. The molecule has 0 aromatic carbocycles. The van der Waals surface area contributed by atoms with Crippen LogP contribution in [0.25, 0.3) is 0 Å². The SMILES string of the molecule is COCCOCCOC(=O)NC(C(=O)CC1CCc2ncoc2CNC(=O)C1=O)C(C)C. The Kier molecular flexibility index (Phi) is 10.3. The summed E-state index contributed by atoms with van der Waals surface area (Å²) in [7, 11) is 1.56. The third-order valence-corrected chi connectivity index (χ3v) is 5.09. The van der Waals surface area contributed by atoms with Gasteiger partial charge >= 0.3 is 6.09 Å². The van der Waals surface area contributed by atoms with Gasteiger partial charge in [0.1, 0.15) is 12.4 Å². The summed E-state index contributed by atoms with van der Waals surface area (Å²) in [5.41, 5.74) is 0.646. The fourth-order valence-corrected chi connectivity index (χ4v) is 3.31. The van der Waals surface area contributed by atoms with Gasteiger partial charge in [-0.2, -0.15) is 0 Å². The Labute approximate surface area is 186 Å². The Bertz CT molecular complexity index is 792. The van der Waals surface area contributed by atoms with Crippen LogP contribution in [0.1, 0.15) is 38.1 Å². The summed E-state index contributed by atoms with van der Waals surface area (Å²) in [5.74, 6) is -2.35. The first kappa shape index (κ1) is 25.5. The smallest absolute Gasteiger partial charge is 0.407 e. The Hall–Kier alpha value is -2.79. The predicted molar refractivity (Wildman–Crippen MR) is 111 cm³/mol. The van der Waals surface area contributed by atoms with Gasteiger partial charge in [-0.1, -0.05) is 13.8 Å². The number of amides is 2. The second-order valence-electron chi connectivity index (χ2n) is 7.78. The summed E-state index contributed by atoms with van der Waals surface area (Å²) < 4.78 is 20.3. The summed E-state index contributed by atoms with van der Waals surface area (Å²) >= 11 is 0. The number of methoxy groups -OCH3 is 1. The highest BCUT2D eigenvalue weighted by atomic mass is 16.6. The van der Waals surface area contributed by atoms with Crippen molar-refractivity contribution < 1.29 is 37.8 Å². The molecule has 0 saturated carbocycles. The molecule has 2 N–H and O–H groups in total. The van der Waals surface area contributed by atoms with E-state index in [-0.39, 0.29) is 44.3 Å². The van der Waals surface area contributed by atoms with E-state index >= 15 is 0 Å². The van der Waals surface area contributed by atoms with E-state index in [2.05, 4.69) is 15.6 Å². The third kappa shape index (κ3) is 7.72. The number of carbonyl (C=O) groups is 4. The highest BCUT2D eigenvalue weighted by molar-refractivity contribution is 6.37. The highest BCUT2D eigenvalue weighted by Gasteiger charge is 2.33. The molecule has 0 saturated heterocycles. The van der Waals surface area contributed by atoms with E-state index in [9.17, 15) is 19.2 Å². The maximum Gasteiger partial charge on any atom is 0.407 e. The highest BCUT2D eigenvalue weighted by Crippen LogP contribution is 2.21. The van der Waals surface area contributed by atoms with Crippen molar-refractivity contribution in [3.05, 3.63) is 17.8 Å². The van der Waals surface area contributed by atoms with Crippen molar-refractivity contribution in [1.29, 1.82) is 0 Å². The lowest BCUT2D eigenvalue weighted by Crippen LogP contribution is -2.46. The van der Waals surface area contributed by atoms with Crippen LogP contribution in [0.5, 0.6) is 0 Å². The number of alkyl carbamates (subject to hydrolysis) is 1. The summed E-state index contributed by atoms with van der Waals surface area (Å²) in [4.78, 5) is 53.9. The van der Waals surface area contributed by atoms with E-state index in [1.54, 1.807) is 21.0 Å². The number of nitrogens with zero attached hydrogens (tertiary/aromatic N) is 1. The topological polar surface area (TPSA) is 146 Å². The quantitative estimate of drug-likeness (QED) is 0.367. The summed E-state index contributed by atoms with van der Waals surface area (Å²) in [5, 5.41) is 5.06. The van der Waals surface area contributed by atoms with E-state index in [0.717, 1.165) is 0 Å². The molecule has 2 unspecified atom stereocenters. The van der Waals surface area contributed by atoms with E-state index in [0.29, 0.717) is 31.1 Å². The van der Waals surface area contributed by atoms with E-state index in [4.69, 9.17) is 18.6 Å². The molecule has 11 heteroatoms. The third-order valence-electron chi connectivity index (χ3n) is 5.09. The van der Waals surface area contributed by atoms with Gasteiger partial charge in [0.05, 0.1) is 38.1 Å². The molecule has 2 atom stereocenters. The fraction of sp³-hybridized carbons (Fsp3) is 0.667. The molecule has 0 aliphatic carbocycles. The van der Waals surface area contributed by atoms with Crippen LogP contribution in [-0.2, 0) is 41.6 Å². The molecule has 0 fully saturated rings. The number of ether oxygens (including phenoxy) is 3. The largest absolute Gasteiger partial charge is 0.447 e. The number of hydrogen-bond acceptors (Lipinski definition) is 9. The monoisotopic (exact) mass is 453 g/mol. The van der Waals surface area contributed by atoms with Gasteiger partial charge in [0.25, 0.3) is 5.91 Å².